The number of carbonyl (C=O) groups is 1. The molecule has 1 amide bonds. The number of aromatic nitrogens is 1. The van der Waals surface area contributed by atoms with Gasteiger partial charge in [0.15, 0.2) is 0 Å². The Hall–Kier alpha value is -2.44. The summed E-state index contributed by atoms with van der Waals surface area (Å²) in [6.07, 6.45) is -0.133. The molecule has 1 fully saturated rings. The third-order valence-corrected chi connectivity index (χ3v) is 5.79. The lowest BCUT2D eigenvalue weighted by molar-refractivity contribution is -0.119. The van der Waals surface area contributed by atoms with E-state index in [1.54, 1.807) is 0 Å². The molecule has 6 heteroatoms. The topological polar surface area (TPSA) is 68.7 Å². The largest absolute Gasteiger partial charge is 0.373 e. The number of rotatable bonds is 2. The number of aliphatic hydroxyl groups excluding tert-OH is 1. The normalized spacial score (nSPS) is 24.8. The van der Waals surface area contributed by atoms with Crippen LogP contribution in [0.5, 0.6) is 0 Å². The maximum Gasteiger partial charge on any atom is 0.226 e. The van der Waals surface area contributed by atoms with E-state index < -0.39 is 6.23 Å². The molecule has 0 spiro atoms. The van der Waals surface area contributed by atoms with E-state index in [0.717, 1.165) is 36.8 Å². The van der Waals surface area contributed by atoms with Crippen LogP contribution < -0.4 is 15.1 Å². The highest BCUT2D eigenvalue weighted by Crippen LogP contribution is 2.35. The average Bonchev–Trinajstić information content (AvgIpc) is 2.68. The number of hydrogen-bond acceptors (Lipinski definition) is 5. The lowest BCUT2D eigenvalue weighted by atomic mass is 9.95. The maximum absolute atomic E-state index is 12.1. The summed E-state index contributed by atoms with van der Waals surface area (Å²) in [7, 11) is 0. The molecule has 2 aromatic rings. The Morgan fingerprint density at radius 2 is 2.11 bits per heavy atom. The van der Waals surface area contributed by atoms with Crippen LogP contribution in [0.2, 0.25) is 0 Å². The van der Waals surface area contributed by atoms with Crippen LogP contribution in [0.3, 0.4) is 0 Å². The van der Waals surface area contributed by atoms with Crippen LogP contribution in [0.15, 0.2) is 36.4 Å². The van der Waals surface area contributed by atoms with Crippen LogP contribution in [0, 0.1) is 12.8 Å². The molecule has 1 saturated heterocycles. The first kappa shape index (κ1) is 18.9. The molecule has 3 heterocycles. The quantitative estimate of drug-likeness (QED) is 0.837. The first-order chi connectivity index (χ1) is 13.5. The molecule has 1 aromatic heterocycles. The molecule has 28 heavy (non-hydrogen) atoms. The van der Waals surface area contributed by atoms with Crippen LogP contribution >= 0.6 is 0 Å². The Bertz CT molecular complexity index is 885. The summed E-state index contributed by atoms with van der Waals surface area (Å²) in [6.45, 7) is 8.22. The first-order valence-electron chi connectivity index (χ1n) is 9.97. The van der Waals surface area contributed by atoms with Crippen molar-refractivity contribution in [3.8, 4) is 0 Å². The molecule has 6 nitrogen and oxygen atoms in total. The van der Waals surface area contributed by atoms with Crippen LogP contribution in [-0.4, -0.2) is 41.9 Å². The van der Waals surface area contributed by atoms with Gasteiger partial charge < -0.3 is 15.3 Å². The third-order valence-electron chi connectivity index (χ3n) is 5.79. The number of anilines is 2. The Morgan fingerprint density at radius 1 is 1.29 bits per heavy atom. The predicted octanol–water partition coefficient (Wildman–Crippen LogP) is 2.40. The van der Waals surface area contributed by atoms with Crippen molar-refractivity contribution < 1.29 is 9.90 Å². The highest BCUT2D eigenvalue weighted by molar-refractivity contribution is 5.93. The molecule has 0 bridgehead atoms. The van der Waals surface area contributed by atoms with Crippen LogP contribution in [0.25, 0.3) is 0 Å². The molecular formula is C22H28N4O2. The van der Waals surface area contributed by atoms with Gasteiger partial charge in [0.2, 0.25) is 5.91 Å². The molecule has 2 aliphatic heterocycles. The summed E-state index contributed by atoms with van der Waals surface area (Å²) in [5.41, 5.74) is 4.14. The number of nitrogens with one attached hydrogen (secondary N) is 1. The number of hydrogen-bond donors (Lipinski definition) is 2. The number of benzene rings is 1. The van der Waals surface area contributed by atoms with Gasteiger partial charge in [-0.25, -0.2) is 4.98 Å². The fourth-order valence-corrected chi connectivity index (χ4v) is 4.33. The second kappa shape index (κ2) is 7.53. The second-order valence-corrected chi connectivity index (χ2v) is 7.95. The van der Waals surface area contributed by atoms with E-state index in [4.69, 9.17) is 4.98 Å². The zero-order chi connectivity index (χ0) is 19.8. The molecule has 2 unspecified atom stereocenters. The Labute approximate surface area is 166 Å². The second-order valence-electron chi connectivity index (χ2n) is 7.95. The molecule has 1 aromatic carbocycles. The van der Waals surface area contributed by atoms with Crippen LogP contribution in [-0.2, 0) is 11.2 Å². The van der Waals surface area contributed by atoms with Gasteiger partial charge in [0.1, 0.15) is 12.0 Å². The van der Waals surface area contributed by atoms with Gasteiger partial charge in [0, 0.05) is 32.5 Å². The Morgan fingerprint density at radius 3 is 2.86 bits per heavy atom. The lowest BCUT2D eigenvalue weighted by Crippen LogP contribution is -2.48. The summed E-state index contributed by atoms with van der Waals surface area (Å²) in [4.78, 5) is 20.9. The molecule has 2 N–H and O–H groups in total. The molecule has 2 aliphatic rings. The SMILES string of the molecule is CC(=O)N1c2ccc(N3CCNCC3c3cccc(C)c3)nc2CC(C)[C@@H]1O. The van der Waals surface area contributed by atoms with Crippen LogP contribution in [0.1, 0.15) is 36.7 Å². The van der Waals surface area contributed by atoms with E-state index in [2.05, 4.69) is 41.4 Å². The molecular weight excluding hydrogens is 352 g/mol. The van der Waals surface area contributed by atoms with Gasteiger partial charge in [-0.1, -0.05) is 36.8 Å². The molecule has 4 rings (SSSR count). The Kier molecular flexibility index (Phi) is 5.08. The van der Waals surface area contributed by atoms with Crippen molar-refractivity contribution in [3.63, 3.8) is 0 Å². The van der Waals surface area contributed by atoms with Gasteiger partial charge in [-0.15, -0.1) is 0 Å². The minimum absolute atomic E-state index is 0.0465. The number of piperazine rings is 1. The van der Waals surface area contributed by atoms with Gasteiger partial charge in [-0.3, -0.25) is 9.69 Å². The summed E-state index contributed by atoms with van der Waals surface area (Å²) in [5, 5.41) is 13.9. The smallest absolute Gasteiger partial charge is 0.226 e. The van der Waals surface area contributed by atoms with Crippen molar-refractivity contribution in [2.45, 2.75) is 39.5 Å². The molecule has 0 saturated carbocycles. The number of aliphatic hydroxyl groups is 1. The minimum atomic E-state index is -0.795. The molecule has 0 radical (unpaired) electrons. The summed E-state index contributed by atoms with van der Waals surface area (Å²) >= 11 is 0. The maximum atomic E-state index is 12.1. The standard InChI is InChI=1S/C22H28N4O2/c1-14-5-4-6-17(11-14)20-13-23-9-10-25(20)21-8-7-19-18(24-21)12-15(2)22(28)26(19)16(3)27/h4-8,11,15,20,22-23,28H,9-10,12-13H2,1-3H3/t15?,20?,22-/m0/s1. The highest BCUT2D eigenvalue weighted by Gasteiger charge is 2.34. The number of carbonyl (C=O) groups excluding carboxylic acids is 1. The Balaban J connectivity index is 1.71. The van der Waals surface area contributed by atoms with Gasteiger partial charge in [-0.05, 0) is 31.0 Å². The summed E-state index contributed by atoms with van der Waals surface area (Å²) in [5.74, 6) is 0.725. The van der Waals surface area contributed by atoms with Crippen molar-refractivity contribution in [3.05, 3.63) is 53.2 Å². The molecule has 148 valence electrons. The number of nitrogens with zero attached hydrogens (tertiary/aromatic N) is 3. The van der Waals surface area contributed by atoms with Gasteiger partial charge in [0.05, 0.1) is 17.4 Å². The molecule has 3 atom stereocenters. The number of amides is 1. The van der Waals surface area contributed by atoms with E-state index in [1.165, 1.54) is 23.0 Å². The highest BCUT2D eigenvalue weighted by atomic mass is 16.3. The fourth-order valence-electron chi connectivity index (χ4n) is 4.33. The van der Waals surface area contributed by atoms with E-state index in [9.17, 15) is 9.90 Å². The average molecular weight is 380 g/mol. The number of fused-ring (bicyclic) bond motifs is 1. The zero-order valence-electron chi connectivity index (χ0n) is 16.7. The first-order valence-corrected chi connectivity index (χ1v) is 9.97. The lowest BCUT2D eigenvalue weighted by Gasteiger charge is -2.40. The minimum Gasteiger partial charge on any atom is -0.373 e. The fraction of sp³-hybridized carbons (Fsp3) is 0.455. The van der Waals surface area contributed by atoms with Gasteiger partial charge in [-0.2, -0.15) is 0 Å². The van der Waals surface area contributed by atoms with E-state index in [-0.39, 0.29) is 17.9 Å². The predicted molar refractivity (Wildman–Crippen MR) is 110 cm³/mol. The monoisotopic (exact) mass is 380 g/mol. The van der Waals surface area contributed by atoms with Crippen LogP contribution in [0.4, 0.5) is 11.5 Å². The van der Waals surface area contributed by atoms with E-state index >= 15 is 0 Å². The van der Waals surface area contributed by atoms with Crippen molar-refractivity contribution in [1.29, 1.82) is 0 Å². The molecule has 0 aliphatic carbocycles. The van der Waals surface area contributed by atoms with Crippen molar-refractivity contribution in [1.82, 2.24) is 10.3 Å². The number of aryl methyl sites for hydroxylation is 1. The van der Waals surface area contributed by atoms with Gasteiger partial charge in [0.25, 0.3) is 0 Å². The van der Waals surface area contributed by atoms with Crippen molar-refractivity contribution >= 4 is 17.4 Å². The van der Waals surface area contributed by atoms with Gasteiger partial charge >= 0.3 is 0 Å². The van der Waals surface area contributed by atoms with Crippen molar-refractivity contribution in [2.75, 3.05) is 29.4 Å². The summed E-state index contributed by atoms with van der Waals surface area (Å²) < 4.78 is 0. The zero-order valence-corrected chi connectivity index (χ0v) is 16.7. The third kappa shape index (κ3) is 3.38. The number of pyridine rings is 1. The summed E-state index contributed by atoms with van der Waals surface area (Å²) in [6, 6.07) is 12.8. The van der Waals surface area contributed by atoms with E-state index in [1.807, 2.05) is 19.1 Å². The van der Waals surface area contributed by atoms with E-state index in [0.29, 0.717) is 6.42 Å². The van der Waals surface area contributed by atoms with Crippen molar-refractivity contribution in [2.24, 2.45) is 5.92 Å².